The van der Waals surface area contributed by atoms with Crippen molar-refractivity contribution in [3.05, 3.63) is 0 Å². The van der Waals surface area contributed by atoms with Crippen LogP contribution < -0.4 is 0 Å². The molecule has 0 unspecified atom stereocenters. The average molecular weight is 162 g/mol. The van der Waals surface area contributed by atoms with Crippen LogP contribution in [0.15, 0.2) is 0 Å². The van der Waals surface area contributed by atoms with Gasteiger partial charge >= 0.3 is 0 Å². The summed E-state index contributed by atoms with van der Waals surface area (Å²) in [7, 11) is 0. The van der Waals surface area contributed by atoms with Crippen LogP contribution in [0.1, 0.15) is 38.5 Å². The predicted octanol–water partition coefficient (Wildman–Crippen LogP) is 2.73. The van der Waals surface area contributed by atoms with Gasteiger partial charge in [0.2, 0.25) is 0 Å². The van der Waals surface area contributed by atoms with E-state index in [2.05, 4.69) is 6.07 Å². The fourth-order valence-corrected chi connectivity index (χ4v) is 4.25. The van der Waals surface area contributed by atoms with Crippen molar-refractivity contribution in [1.29, 1.82) is 5.26 Å². The monoisotopic (exact) mass is 162 g/mol. The number of hydrogen-bond donors (Lipinski definition) is 0. The fourth-order valence-electron chi connectivity index (χ4n) is 4.25. The van der Waals surface area contributed by atoms with E-state index < -0.39 is 0 Å². The number of rotatable bonds is 0. The zero-order valence-electron chi connectivity index (χ0n) is 7.42. The molecule has 4 saturated carbocycles. The molecular weight excluding hydrogens is 147 g/mol. The first-order chi connectivity index (χ1) is 5.80. The molecule has 4 aliphatic carbocycles. The molecule has 64 valence electrons. The summed E-state index contributed by atoms with van der Waals surface area (Å²) < 4.78 is 0. The van der Waals surface area contributed by atoms with E-state index in [-0.39, 0.29) is 5.41 Å². The van der Waals surface area contributed by atoms with Gasteiger partial charge in [0.1, 0.15) is 0 Å². The van der Waals surface area contributed by atoms with Gasteiger partial charge in [-0.05, 0) is 56.3 Å². The van der Waals surface area contributed by atoms with Crippen molar-refractivity contribution in [2.45, 2.75) is 38.5 Å². The lowest BCUT2D eigenvalue weighted by atomic mass is 9.52. The molecule has 4 fully saturated rings. The van der Waals surface area contributed by atoms with Crippen molar-refractivity contribution in [3.8, 4) is 6.07 Å². The van der Waals surface area contributed by atoms with Gasteiger partial charge in [0.05, 0.1) is 11.5 Å². The Morgan fingerprint density at radius 2 is 1.33 bits per heavy atom. The minimum Gasteiger partial charge on any atom is -0.198 e. The van der Waals surface area contributed by atoms with Crippen molar-refractivity contribution in [2.24, 2.45) is 23.2 Å². The van der Waals surface area contributed by atoms with Gasteiger partial charge in [-0.1, -0.05) is 0 Å². The molecule has 0 N–H and O–H groups in total. The van der Waals surface area contributed by atoms with E-state index >= 15 is 0 Å². The number of hydrogen-bond acceptors (Lipinski definition) is 1. The van der Waals surface area contributed by atoms with E-state index in [4.69, 9.17) is 0 Å². The Bertz CT molecular complexity index is 213. The minimum absolute atomic E-state index is 0.148. The van der Waals surface area contributed by atoms with Gasteiger partial charge in [0.15, 0.2) is 0 Å². The second-order valence-electron chi connectivity index (χ2n) is 5.31. The second kappa shape index (κ2) is 2.05. The van der Waals surface area contributed by atoms with E-state index in [9.17, 15) is 5.26 Å². The smallest absolute Gasteiger partial charge is 0.0690 e. The zero-order valence-corrected chi connectivity index (χ0v) is 7.42. The highest BCUT2D eigenvalue weighted by Crippen LogP contribution is 2.59. The van der Waals surface area contributed by atoms with Gasteiger partial charge in [-0.2, -0.15) is 5.26 Å². The summed E-state index contributed by atoms with van der Waals surface area (Å²) in [5.74, 6) is 2.78. The van der Waals surface area contributed by atoms with Gasteiger partial charge in [0.25, 0.3) is 0 Å². The van der Waals surface area contributed by atoms with E-state index in [1.54, 1.807) is 0 Å². The summed E-state index contributed by atoms with van der Waals surface area (Å²) in [6, 6.07) is 2.61. The van der Waals surface area contributed by atoms with Crippen LogP contribution in [0.25, 0.3) is 0 Å². The maximum Gasteiger partial charge on any atom is 0.0690 e. The van der Waals surface area contributed by atoms with Crippen LogP contribution in [0, 0.1) is 34.5 Å². The molecule has 12 heavy (non-hydrogen) atoms. The quantitative estimate of drug-likeness (QED) is 0.502. The highest BCUT2D eigenvalue weighted by atomic mass is 14.6. The van der Waals surface area contributed by atoms with Crippen LogP contribution in [-0.2, 0) is 0 Å². The summed E-state index contributed by atoms with van der Waals surface area (Å²) in [5, 5.41) is 9.18. The van der Waals surface area contributed by atoms with Gasteiger partial charge in [0, 0.05) is 0 Å². The molecule has 0 amide bonds. The molecule has 1 nitrogen and oxygen atoms in total. The summed E-state index contributed by atoms with van der Waals surface area (Å²) in [4.78, 5) is 0. The van der Waals surface area contributed by atoms with Gasteiger partial charge in [-0.25, -0.2) is 0 Å². The molecule has 0 aromatic rings. The maximum atomic E-state index is 9.18. The molecule has 0 radical (unpaired) electrons. The molecule has 0 saturated heterocycles. The summed E-state index contributed by atoms with van der Waals surface area (Å²) in [5.41, 5.74) is 0.148. The number of nitriles is 1. The molecule has 4 bridgehead atoms. The highest BCUT2D eigenvalue weighted by molar-refractivity contribution is 5.10. The Morgan fingerprint density at radius 1 is 0.917 bits per heavy atom. The largest absolute Gasteiger partial charge is 0.198 e. The van der Waals surface area contributed by atoms with E-state index in [1.807, 2.05) is 0 Å². The molecule has 4 aliphatic rings. The van der Waals surface area contributed by atoms with Gasteiger partial charge < -0.3 is 0 Å². The summed E-state index contributed by atoms with van der Waals surface area (Å²) in [6.45, 7) is 0. The Kier molecular flexibility index (Phi) is 1.18. The number of nitrogens with zero attached hydrogens (tertiary/aromatic N) is 1. The topological polar surface area (TPSA) is 23.8 Å². The highest BCUT2D eigenvalue weighted by Gasteiger charge is 2.51. The SMILES string of the molecule is N#[13C]C12CC3CC(CC(C3)C1)C2. The molecule has 0 heterocycles. The first-order valence-corrected chi connectivity index (χ1v) is 5.21. The average Bonchev–Trinajstić information content (AvgIpc) is 2.02. The van der Waals surface area contributed by atoms with Crippen molar-refractivity contribution in [2.75, 3.05) is 0 Å². The van der Waals surface area contributed by atoms with E-state index in [0.29, 0.717) is 0 Å². The van der Waals surface area contributed by atoms with Gasteiger partial charge in [-0.3, -0.25) is 0 Å². The molecule has 0 aliphatic heterocycles. The molecule has 0 spiro atoms. The van der Waals surface area contributed by atoms with Crippen molar-refractivity contribution < 1.29 is 0 Å². The predicted molar refractivity (Wildman–Crippen MR) is 46.2 cm³/mol. The third-order valence-corrected chi connectivity index (χ3v) is 4.28. The summed E-state index contributed by atoms with van der Waals surface area (Å²) >= 11 is 0. The first-order valence-electron chi connectivity index (χ1n) is 5.21. The van der Waals surface area contributed by atoms with Crippen LogP contribution in [-0.4, -0.2) is 0 Å². The van der Waals surface area contributed by atoms with Crippen LogP contribution >= 0.6 is 0 Å². The molecule has 1 heteroatoms. The third kappa shape index (κ3) is 0.787. The Labute approximate surface area is 73.8 Å². The van der Waals surface area contributed by atoms with Crippen LogP contribution in [0.4, 0.5) is 0 Å². The van der Waals surface area contributed by atoms with Crippen molar-refractivity contribution in [1.82, 2.24) is 0 Å². The zero-order chi connectivity index (χ0) is 8.18. The maximum absolute atomic E-state index is 9.18. The Balaban J connectivity index is 1.97. The molecular formula is C11H15N. The van der Waals surface area contributed by atoms with E-state index in [1.165, 1.54) is 38.5 Å². The molecule has 0 aromatic carbocycles. The van der Waals surface area contributed by atoms with Gasteiger partial charge in [-0.15, -0.1) is 0 Å². The van der Waals surface area contributed by atoms with Crippen LogP contribution in [0.5, 0.6) is 0 Å². The minimum atomic E-state index is 0.148. The first kappa shape index (κ1) is 6.95. The summed E-state index contributed by atoms with van der Waals surface area (Å²) in [6.07, 6.45) is 8.03. The molecule has 4 rings (SSSR count). The fraction of sp³-hybridized carbons (Fsp3) is 0.909. The lowest BCUT2D eigenvalue weighted by Gasteiger charge is -2.53. The van der Waals surface area contributed by atoms with Crippen molar-refractivity contribution >= 4 is 0 Å². The normalized spacial score (nSPS) is 55.4. The standard InChI is InChI=1S/C11H15N/c12-7-11-4-8-1-9(5-11)3-10(2-8)6-11/h8-10H,1-6H2/i7+1. The van der Waals surface area contributed by atoms with Crippen LogP contribution in [0.2, 0.25) is 0 Å². The Hall–Kier alpha value is -0.510. The lowest BCUT2D eigenvalue weighted by molar-refractivity contribution is -0.0192. The lowest BCUT2D eigenvalue weighted by Crippen LogP contribution is -2.45. The van der Waals surface area contributed by atoms with Crippen LogP contribution in [0.3, 0.4) is 0 Å². The van der Waals surface area contributed by atoms with Crippen molar-refractivity contribution in [3.63, 3.8) is 0 Å². The van der Waals surface area contributed by atoms with E-state index in [0.717, 1.165) is 17.8 Å². The molecule has 0 aromatic heterocycles. The third-order valence-electron chi connectivity index (χ3n) is 4.28. The Morgan fingerprint density at radius 3 is 1.67 bits per heavy atom. The molecule has 0 atom stereocenters. The second-order valence-corrected chi connectivity index (χ2v) is 5.31.